The molecule has 0 rings (SSSR count). The van der Waals surface area contributed by atoms with Gasteiger partial charge < -0.3 is 4.74 Å². The second-order valence-electron chi connectivity index (χ2n) is 3.34. The smallest absolute Gasteiger partial charge is 0.265 e. The number of rotatable bonds is 4. The van der Waals surface area contributed by atoms with Gasteiger partial charge in [0.25, 0.3) is 3.79 Å². The van der Waals surface area contributed by atoms with Gasteiger partial charge in [-0.3, -0.25) is 5.41 Å². The Labute approximate surface area is 105 Å². The zero-order valence-corrected chi connectivity index (χ0v) is 11.0. The van der Waals surface area contributed by atoms with Crippen molar-refractivity contribution in [3.63, 3.8) is 0 Å². The van der Waals surface area contributed by atoms with Gasteiger partial charge in [0.1, 0.15) is 6.61 Å². The number of ether oxygens (including phenoxy) is 1. The molecule has 0 amide bonds. The predicted molar refractivity (Wildman–Crippen MR) is 66.1 cm³/mol. The Hall–Kier alpha value is -0.140. The van der Waals surface area contributed by atoms with E-state index in [-0.39, 0.29) is 12.5 Å². The third-order valence-electron chi connectivity index (χ3n) is 1.39. The Morgan fingerprint density at radius 2 is 2.00 bits per heavy atom. The van der Waals surface area contributed by atoms with Crippen LogP contribution < -0.4 is 0 Å². The highest BCUT2D eigenvalue weighted by atomic mass is 35.6. The molecule has 0 spiro atoms. The van der Waals surface area contributed by atoms with Gasteiger partial charge in [0.05, 0.1) is 0 Å². The molecule has 0 radical (unpaired) electrons. The third kappa shape index (κ3) is 8.83. The quantitative estimate of drug-likeness (QED) is 0.355. The number of alkyl halides is 3. The molecular weight excluding hydrogens is 256 g/mol. The molecule has 5 heteroatoms. The van der Waals surface area contributed by atoms with E-state index in [1.807, 2.05) is 6.08 Å². The summed E-state index contributed by atoms with van der Waals surface area (Å²) >= 11 is 16.2. The van der Waals surface area contributed by atoms with E-state index in [2.05, 4.69) is 19.6 Å². The van der Waals surface area contributed by atoms with Crippen molar-refractivity contribution in [2.45, 2.75) is 24.1 Å². The fourth-order valence-corrected chi connectivity index (χ4v) is 0.806. The van der Waals surface area contributed by atoms with E-state index in [9.17, 15) is 0 Å². The molecule has 0 unspecified atom stereocenters. The molecule has 0 bridgehead atoms. The lowest BCUT2D eigenvalue weighted by molar-refractivity contribution is 0.340. The van der Waals surface area contributed by atoms with Crippen LogP contribution in [-0.2, 0) is 4.74 Å². The summed E-state index contributed by atoms with van der Waals surface area (Å²) in [5, 5.41) is 7.21. The number of nitrogens with one attached hydrogen (secondary N) is 1. The van der Waals surface area contributed by atoms with Crippen molar-refractivity contribution < 1.29 is 4.74 Å². The first-order chi connectivity index (χ1) is 6.84. The van der Waals surface area contributed by atoms with Crippen molar-refractivity contribution in [1.29, 1.82) is 5.41 Å². The summed E-state index contributed by atoms with van der Waals surface area (Å²) in [6.07, 6.45) is 4.51. The minimum atomic E-state index is -1.78. The molecule has 86 valence electrons. The third-order valence-corrected chi connectivity index (χ3v) is 1.91. The monoisotopic (exact) mass is 269 g/mol. The molecule has 0 atom stereocenters. The van der Waals surface area contributed by atoms with Gasteiger partial charge >= 0.3 is 0 Å². The van der Waals surface area contributed by atoms with Gasteiger partial charge in [0, 0.05) is 0 Å². The summed E-state index contributed by atoms with van der Waals surface area (Å²) < 4.78 is 3.08. The van der Waals surface area contributed by atoms with Crippen LogP contribution in [0.4, 0.5) is 0 Å². The molecule has 0 aromatic rings. The van der Waals surface area contributed by atoms with Crippen molar-refractivity contribution in [3.05, 3.63) is 17.9 Å². The Bertz CT molecular complexity index is 262. The first-order valence-electron chi connectivity index (χ1n) is 4.52. The summed E-state index contributed by atoms with van der Waals surface area (Å²) in [5.74, 6) is 0.223. The van der Waals surface area contributed by atoms with E-state index in [1.54, 1.807) is 6.08 Å². The Morgan fingerprint density at radius 1 is 1.40 bits per heavy atom. The molecule has 0 aliphatic carbocycles. The average Bonchev–Trinajstić information content (AvgIpc) is 2.08. The van der Waals surface area contributed by atoms with E-state index < -0.39 is 3.79 Å². The Morgan fingerprint density at radius 3 is 2.47 bits per heavy atom. The molecule has 0 aliphatic heterocycles. The molecule has 0 aliphatic rings. The highest BCUT2D eigenvalue weighted by molar-refractivity contribution is 6.76. The zero-order chi connectivity index (χ0) is 11.9. The van der Waals surface area contributed by atoms with Crippen molar-refractivity contribution in [3.8, 4) is 0 Å². The normalized spacial score (nSPS) is 10.8. The second-order valence-corrected chi connectivity index (χ2v) is 5.62. The van der Waals surface area contributed by atoms with Gasteiger partial charge in [-0.25, -0.2) is 0 Å². The lowest BCUT2D eigenvalue weighted by Crippen LogP contribution is -2.21. The predicted octanol–water partition coefficient (Wildman–Crippen LogP) is 4.11. The first kappa shape index (κ1) is 14.9. The minimum absolute atomic E-state index is 0.182. The maximum absolute atomic E-state index is 7.21. The topological polar surface area (TPSA) is 33.1 Å². The standard InChI is InChI=1S/C10H14Cl3NO/c1-8(2)6-4-3-5-7-15-9(14)10(11,12)13/h4-5,8,14H,6-7H2,1-2H3. The SMILES string of the molecule is CC(C)CC=C=CCOC(=N)C(Cl)(Cl)Cl. The first-order valence-corrected chi connectivity index (χ1v) is 5.65. The zero-order valence-electron chi connectivity index (χ0n) is 8.69. The summed E-state index contributed by atoms with van der Waals surface area (Å²) in [7, 11) is 0. The van der Waals surface area contributed by atoms with Crippen LogP contribution in [0.15, 0.2) is 17.9 Å². The molecular formula is C10H14Cl3NO. The highest BCUT2D eigenvalue weighted by Gasteiger charge is 2.28. The lowest BCUT2D eigenvalue weighted by atomic mass is 10.1. The maximum Gasteiger partial charge on any atom is 0.265 e. The van der Waals surface area contributed by atoms with E-state index in [0.29, 0.717) is 5.92 Å². The fraction of sp³-hybridized carbons (Fsp3) is 0.600. The van der Waals surface area contributed by atoms with Crippen LogP contribution in [0, 0.1) is 11.3 Å². The van der Waals surface area contributed by atoms with Crippen LogP contribution in [0.2, 0.25) is 0 Å². The van der Waals surface area contributed by atoms with Gasteiger partial charge in [-0.05, 0) is 24.5 Å². The Balaban J connectivity index is 3.80. The van der Waals surface area contributed by atoms with Crippen LogP contribution in [0.3, 0.4) is 0 Å². The number of hydrogen-bond acceptors (Lipinski definition) is 2. The van der Waals surface area contributed by atoms with E-state index in [1.165, 1.54) is 0 Å². The maximum atomic E-state index is 7.21. The number of hydrogen-bond donors (Lipinski definition) is 1. The minimum Gasteiger partial charge on any atom is -0.473 e. The van der Waals surface area contributed by atoms with E-state index in [4.69, 9.17) is 44.9 Å². The van der Waals surface area contributed by atoms with Gasteiger partial charge in [-0.1, -0.05) is 48.7 Å². The van der Waals surface area contributed by atoms with Crippen LogP contribution in [-0.4, -0.2) is 16.3 Å². The molecule has 2 nitrogen and oxygen atoms in total. The second kappa shape index (κ2) is 7.19. The van der Waals surface area contributed by atoms with Crippen molar-refractivity contribution in [2.24, 2.45) is 5.92 Å². The van der Waals surface area contributed by atoms with Crippen molar-refractivity contribution in [1.82, 2.24) is 0 Å². The Kier molecular flexibility index (Phi) is 7.12. The van der Waals surface area contributed by atoms with E-state index >= 15 is 0 Å². The molecule has 0 saturated heterocycles. The average molecular weight is 271 g/mol. The van der Waals surface area contributed by atoms with Crippen LogP contribution in [0.1, 0.15) is 20.3 Å². The molecule has 15 heavy (non-hydrogen) atoms. The van der Waals surface area contributed by atoms with Gasteiger partial charge in [0.15, 0.2) is 0 Å². The summed E-state index contributed by atoms with van der Waals surface area (Å²) in [5.41, 5.74) is 2.92. The van der Waals surface area contributed by atoms with Gasteiger partial charge in [-0.2, -0.15) is 0 Å². The summed E-state index contributed by atoms with van der Waals surface area (Å²) in [6, 6.07) is 0. The molecule has 0 aromatic carbocycles. The molecule has 0 heterocycles. The summed E-state index contributed by atoms with van der Waals surface area (Å²) in [6.45, 7) is 4.42. The molecule has 0 aromatic heterocycles. The molecule has 0 saturated carbocycles. The van der Waals surface area contributed by atoms with Crippen LogP contribution in [0.25, 0.3) is 0 Å². The molecule has 0 fully saturated rings. The van der Waals surface area contributed by atoms with Crippen LogP contribution >= 0.6 is 34.8 Å². The van der Waals surface area contributed by atoms with Gasteiger partial charge in [-0.15, -0.1) is 5.73 Å². The lowest BCUT2D eigenvalue weighted by Gasteiger charge is -2.11. The van der Waals surface area contributed by atoms with Crippen LogP contribution in [0.5, 0.6) is 0 Å². The fourth-order valence-electron chi connectivity index (χ4n) is 0.642. The molecule has 1 N–H and O–H groups in total. The van der Waals surface area contributed by atoms with E-state index in [0.717, 1.165) is 6.42 Å². The largest absolute Gasteiger partial charge is 0.473 e. The van der Waals surface area contributed by atoms with Crippen molar-refractivity contribution >= 4 is 40.7 Å². The summed E-state index contributed by atoms with van der Waals surface area (Å²) in [4.78, 5) is 0. The van der Waals surface area contributed by atoms with Gasteiger partial charge in [0.2, 0.25) is 5.90 Å². The highest BCUT2D eigenvalue weighted by Crippen LogP contribution is 2.27. The number of halogens is 3. The van der Waals surface area contributed by atoms with Crippen molar-refractivity contribution in [2.75, 3.05) is 6.61 Å².